The first kappa shape index (κ1) is 12.0. The molecule has 1 aliphatic heterocycles. The van der Waals surface area contributed by atoms with Gasteiger partial charge in [0.2, 0.25) is 0 Å². The maximum absolute atomic E-state index is 5.83. The van der Waals surface area contributed by atoms with E-state index < -0.39 is 0 Å². The molecule has 2 N–H and O–H groups in total. The van der Waals surface area contributed by atoms with Crippen molar-refractivity contribution in [1.82, 2.24) is 14.8 Å². The third kappa shape index (κ3) is 2.79. The van der Waals surface area contributed by atoms with Gasteiger partial charge in [0.05, 0.1) is 6.54 Å². The molecule has 0 aliphatic carbocycles. The number of rotatable bonds is 3. The topological polar surface area (TPSA) is 45.4 Å². The molecule has 1 atom stereocenters. The first-order valence-electron chi connectivity index (χ1n) is 5.72. The summed E-state index contributed by atoms with van der Waals surface area (Å²) in [5.74, 6) is 0. The molecule has 1 unspecified atom stereocenters. The van der Waals surface area contributed by atoms with Crippen molar-refractivity contribution in [1.29, 1.82) is 0 Å². The van der Waals surface area contributed by atoms with E-state index in [9.17, 15) is 0 Å². The second kappa shape index (κ2) is 5.23. The third-order valence-electron chi connectivity index (χ3n) is 3.08. The van der Waals surface area contributed by atoms with E-state index in [0.29, 0.717) is 6.04 Å². The van der Waals surface area contributed by atoms with Crippen LogP contribution in [0.15, 0.2) is 5.38 Å². The van der Waals surface area contributed by atoms with Gasteiger partial charge in [0.15, 0.2) is 0 Å². The molecular formula is C11H20N4S. The van der Waals surface area contributed by atoms with E-state index in [1.54, 1.807) is 11.3 Å². The normalized spacial score (nSPS) is 23.8. The summed E-state index contributed by atoms with van der Waals surface area (Å²) >= 11 is 1.75. The molecule has 0 spiro atoms. The van der Waals surface area contributed by atoms with Crippen molar-refractivity contribution < 1.29 is 0 Å². The Morgan fingerprint density at radius 3 is 3.00 bits per heavy atom. The molecule has 0 aromatic carbocycles. The molecule has 1 fully saturated rings. The molecule has 90 valence electrons. The van der Waals surface area contributed by atoms with Gasteiger partial charge < -0.3 is 10.6 Å². The first-order chi connectivity index (χ1) is 7.69. The molecule has 16 heavy (non-hydrogen) atoms. The van der Waals surface area contributed by atoms with E-state index in [1.165, 1.54) is 5.01 Å². The summed E-state index contributed by atoms with van der Waals surface area (Å²) in [6.45, 7) is 7.02. The molecule has 0 saturated carbocycles. The van der Waals surface area contributed by atoms with E-state index >= 15 is 0 Å². The number of aromatic nitrogens is 1. The minimum absolute atomic E-state index is 0.475. The van der Waals surface area contributed by atoms with Gasteiger partial charge in [-0.05, 0) is 14.0 Å². The van der Waals surface area contributed by atoms with Crippen molar-refractivity contribution in [2.24, 2.45) is 5.73 Å². The van der Waals surface area contributed by atoms with Crippen LogP contribution in [0.3, 0.4) is 0 Å². The maximum Gasteiger partial charge on any atom is 0.107 e. The Balaban J connectivity index is 1.97. The highest BCUT2D eigenvalue weighted by Gasteiger charge is 2.24. The zero-order valence-corrected chi connectivity index (χ0v) is 10.8. The minimum atomic E-state index is 0.475. The number of aryl methyl sites for hydroxylation is 1. The Labute approximate surface area is 101 Å². The molecule has 1 aliphatic rings. The predicted molar refractivity (Wildman–Crippen MR) is 67.6 cm³/mol. The highest BCUT2D eigenvalue weighted by Crippen LogP contribution is 2.15. The fourth-order valence-electron chi connectivity index (χ4n) is 2.13. The zero-order chi connectivity index (χ0) is 11.5. The molecule has 2 heterocycles. The van der Waals surface area contributed by atoms with Crippen LogP contribution in [-0.4, -0.2) is 54.1 Å². The SMILES string of the molecule is Cc1csc(CN2CCN(C)CC2CN)n1. The van der Waals surface area contributed by atoms with Gasteiger partial charge in [0.25, 0.3) is 0 Å². The smallest absolute Gasteiger partial charge is 0.107 e. The molecule has 1 saturated heterocycles. The second-order valence-electron chi connectivity index (χ2n) is 4.50. The summed E-state index contributed by atoms with van der Waals surface area (Å²) in [4.78, 5) is 9.32. The Morgan fingerprint density at radius 2 is 2.38 bits per heavy atom. The summed E-state index contributed by atoms with van der Waals surface area (Å²) < 4.78 is 0. The maximum atomic E-state index is 5.83. The van der Waals surface area contributed by atoms with Gasteiger partial charge >= 0.3 is 0 Å². The summed E-state index contributed by atoms with van der Waals surface area (Å²) in [6.07, 6.45) is 0. The number of nitrogens with zero attached hydrogens (tertiary/aromatic N) is 3. The summed E-state index contributed by atoms with van der Waals surface area (Å²) in [5, 5.41) is 3.32. The van der Waals surface area contributed by atoms with Crippen molar-refractivity contribution in [3.8, 4) is 0 Å². The van der Waals surface area contributed by atoms with Crippen LogP contribution in [0.2, 0.25) is 0 Å². The Bertz CT molecular complexity index is 338. The lowest BCUT2D eigenvalue weighted by Crippen LogP contribution is -2.54. The second-order valence-corrected chi connectivity index (χ2v) is 5.45. The number of hydrogen-bond donors (Lipinski definition) is 1. The van der Waals surface area contributed by atoms with Gasteiger partial charge in [-0.25, -0.2) is 4.98 Å². The van der Waals surface area contributed by atoms with Crippen molar-refractivity contribution in [2.75, 3.05) is 33.2 Å². The van der Waals surface area contributed by atoms with Gasteiger partial charge in [0.1, 0.15) is 5.01 Å². The summed E-state index contributed by atoms with van der Waals surface area (Å²) in [5.41, 5.74) is 6.95. The van der Waals surface area contributed by atoms with Crippen LogP contribution >= 0.6 is 11.3 Å². The monoisotopic (exact) mass is 240 g/mol. The average Bonchev–Trinajstić information content (AvgIpc) is 2.67. The standard InChI is InChI=1S/C11H20N4S/c1-9-8-16-11(13-9)7-15-4-3-14(2)6-10(15)5-12/h8,10H,3-7,12H2,1-2H3. The average molecular weight is 240 g/mol. The Kier molecular flexibility index (Phi) is 3.91. The highest BCUT2D eigenvalue weighted by molar-refractivity contribution is 7.09. The lowest BCUT2D eigenvalue weighted by Gasteiger charge is -2.39. The molecule has 0 radical (unpaired) electrons. The van der Waals surface area contributed by atoms with Crippen LogP contribution in [0.25, 0.3) is 0 Å². The molecular weight excluding hydrogens is 220 g/mol. The molecule has 0 amide bonds. The van der Waals surface area contributed by atoms with Crippen LogP contribution < -0.4 is 5.73 Å². The van der Waals surface area contributed by atoms with Crippen molar-refractivity contribution in [2.45, 2.75) is 19.5 Å². The van der Waals surface area contributed by atoms with Crippen LogP contribution in [0, 0.1) is 6.92 Å². The number of thiazole rings is 1. The number of likely N-dealkylation sites (N-methyl/N-ethyl adjacent to an activating group) is 1. The van der Waals surface area contributed by atoms with Crippen LogP contribution in [-0.2, 0) is 6.54 Å². The van der Waals surface area contributed by atoms with E-state index in [4.69, 9.17) is 5.73 Å². The predicted octanol–water partition coefficient (Wildman–Crippen LogP) is 0.526. The molecule has 1 aromatic heterocycles. The third-order valence-corrected chi connectivity index (χ3v) is 4.04. The Hall–Kier alpha value is -0.490. The molecule has 2 rings (SSSR count). The zero-order valence-electron chi connectivity index (χ0n) is 10.0. The van der Waals surface area contributed by atoms with E-state index in [2.05, 4.69) is 27.2 Å². The lowest BCUT2D eigenvalue weighted by molar-refractivity contribution is 0.0880. The molecule has 1 aromatic rings. The number of piperazine rings is 1. The largest absolute Gasteiger partial charge is 0.329 e. The van der Waals surface area contributed by atoms with Crippen LogP contribution in [0.5, 0.6) is 0 Å². The van der Waals surface area contributed by atoms with Crippen molar-refractivity contribution >= 4 is 11.3 Å². The van der Waals surface area contributed by atoms with Crippen LogP contribution in [0.1, 0.15) is 10.7 Å². The van der Waals surface area contributed by atoms with Gasteiger partial charge in [-0.3, -0.25) is 4.90 Å². The van der Waals surface area contributed by atoms with E-state index in [-0.39, 0.29) is 0 Å². The van der Waals surface area contributed by atoms with Crippen molar-refractivity contribution in [3.05, 3.63) is 16.1 Å². The quantitative estimate of drug-likeness (QED) is 0.837. The lowest BCUT2D eigenvalue weighted by atomic mass is 10.2. The molecule has 0 bridgehead atoms. The van der Waals surface area contributed by atoms with Gasteiger partial charge in [-0.2, -0.15) is 0 Å². The Morgan fingerprint density at radius 1 is 1.56 bits per heavy atom. The summed E-state index contributed by atoms with van der Waals surface area (Å²) in [6, 6.07) is 0.475. The fourth-order valence-corrected chi connectivity index (χ4v) is 2.93. The van der Waals surface area contributed by atoms with E-state index in [0.717, 1.165) is 38.4 Å². The molecule has 5 heteroatoms. The van der Waals surface area contributed by atoms with Gasteiger partial charge in [0, 0.05) is 43.3 Å². The van der Waals surface area contributed by atoms with Crippen LogP contribution in [0.4, 0.5) is 0 Å². The minimum Gasteiger partial charge on any atom is -0.329 e. The number of hydrogen-bond acceptors (Lipinski definition) is 5. The fraction of sp³-hybridized carbons (Fsp3) is 0.727. The van der Waals surface area contributed by atoms with E-state index in [1.807, 2.05) is 6.92 Å². The number of nitrogens with two attached hydrogens (primary N) is 1. The highest BCUT2D eigenvalue weighted by atomic mass is 32.1. The van der Waals surface area contributed by atoms with Gasteiger partial charge in [-0.15, -0.1) is 11.3 Å². The molecule has 4 nitrogen and oxygen atoms in total. The summed E-state index contributed by atoms with van der Waals surface area (Å²) in [7, 11) is 2.16. The van der Waals surface area contributed by atoms with Crippen molar-refractivity contribution in [3.63, 3.8) is 0 Å². The van der Waals surface area contributed by atoms with Gasteiger partial charge in [-0.1, -0.05) is 0 Å². The first-order valence-corrected chi connectivity index (χ1v) is 6.60.